The molecule has 0 aromatic heterocycles. The topological polar surface area (TPSA) is 67.8 Å². The minimum Gasteiger partial charge on any atom is -0.457 e. The highest BCUT2D eigenvalue weighted by Gasteiger charge is 2.30. The molecule has 0 unspecified atom stereocenters. The predicted octanol–water partition coefficient (Wildman–Crippen LogP) is 3.59. The summed E-state index contributed by atoms with van der Waals surface area (Å²) in [5.74, 6) is 0.339. The van der Waals surface area contributed by atoms with Crippen molar-refractivity contribution in [3.63, 3.8) is 0 Å². The van der Waals surface area contributed by atoms with Crippen molar-refractivity contribution in [3.05, 3.63) is 59.7 Å². The van der Waals surface area contributed by atoms with E-state index in [2.05, 4.69) is 5.16 Å². The molecular weight excluding hydrogens is 285 g/mol. The second kappa shape index (κ2) is 5.74. The van der Waals surface area contributed by atoms with E-state index < -0.39 is 11.7 Å². The summed E-state index contributed by atoms with van der Waals surface area (Å²) in [7, 11) is 0. The molecule has 0 heterocycles. The van der Waals surface area contributed by atoms with Gasteiger partial charge in [-0.25, -0.2) is 0 Å². The Morgan fingerprint density at radius 3 is 2.29 bits per heavy atom. The summed E-state index contributed by atoms with van der Waals surface area (Å²) in [4.78, 5) is 0. The van der Waals surface area contributed by atoms with Gasteiger partial charge in [0.25, 0.3) is 0 Å². The van der Waals surface area contributed by atoms with Crippen LogP contribution in [0.2, 0.25) is 0 Å². The largest absolute Gasteiger partial charge is 0.457 e. The van der Waals surface area contributed by atoms with E-state index in [1.54, 1.807) is 0 Å². The van der Waals surface area contributed by atoms with E-state index in [9.17, 15) is 13.2 Å². The maximum Gasteiger partial charge on any atom is 0.416 e. The number of nitrogens with two attached hydrogens (primary N) is 1. The fourth-order valence-corrected chi connectivity index (χ4v) is 1.62. The third-order valence-corrected chi connectivity index (χ3v) is 2.65. The summed E-state index contributed by atoms with van der Waals surface area (Å²) >= 11 is 0. The van der Waals surface area contributed by atoms with Crippen LogP contribution in [0.25, 0.3) is 0 Å². The molecule has 0 aliphatic carbocycles. The Balaban J connectivity index is 2.19. The van der Waals surface area contributed by atoms with Crippen LogP contribution in [0.1, 0.15) is 11.1 Å². The van der Waals surface area contributed by atoms with Crippen LogP contribution >= 0.6 is 0 Å². The molecule has 0 bridgehead atoms. The van der Waals surface area contributed by atoms with Crippen molar-refractivity contribution in [3.8, 4) is 11.5 Å². The molecule has 0 amide bonds. The molecule has 0 fully saturated rings. The minimum atomic E-state index is -4.42. The highest BCUT2D eigenvalue weighted by molar-refractivity contribution is 5.97. The Kier molecular flexibility index (Phi) is 4.02. The number of nitrogens with zero attached hydrogens (tertiary/aromatic N) is 1. The average molecular weight is 296 g/mol. The number of halogens is 3. The molecule has 0 radical (unpaired) electrons. The fourth-order valence-electron chi connectivity index (χ4n) is 1.62. The lowest BCUT2D eigenvalue weighted by Gasteiger charge is -2.10. The molecule has 2 aromatic carbocycles. The molecule has 0 saturated heterocycles. The zero-order valence-electron chi connectivity index (χ0n) is 10.6. The highest BCUT2D eigenvalue weighted by Crippen LogP contribution is 2.32. The smallest absolute Gasteiger partial charge is 0.416 e. The Morgan fingerprint density at radius 2 is 1.71 bits per heavy atom. The van der Waals surface area contributed by atoms with Gasteiger partial charge in [-0.2, -0.15) is 13.2 Å². The van der Waals surface area contributed by atoms with Gasteiger partial charge in [-0.3, -0.25) is 0 Å². The van der Waals surface area contributed by atoms with Crippen LogP contribution in [0.15, 0.2) is 53.7 Å². The lowest BCUT2D eigenvalue weighted by Crippen LogP contribution is -2.12. The number of amidine groups is 1. The molecule has 0 atom stereocenters. The van der Waals surface area contributed by atoms with Gasteiger partial charge < -0.3 is 15.7 Å². The van der Waals surface area contributed by atoms with Crippen LogP contribution < -0.4 is 10.5 Å². The van der Waals surface area contributed by atoms with Crippen LogP contribution in [0.4, 0.5) is 13.2 Å². The summed E-state index contributed by atoms with van der Waals surface area (Å²) in [5.41, 5.74) is 5.08. The highest BCUT2D eigenvalue weighted by atomic mass is 19.4. The molecule has 0 spiro atoms. The van der Waals surface area contributed by atoms with E-state index in [1.807, 2.05) is 0 Å². The standard InChI is InChI=1S/C14H11F3N2O2/c15-14(16,17)10-2-1-3-12(8-10)21-11-6-4-9(5-7-11)13(18)19-20/h1-8,20H,(H2,18,19). The first-order valence-corrected chi connectivity index (χ1v) is 5.83. The molecule has 2 rings (SSSR count). The van der Waals surface area contributed by atoms with Crippen LogP contribution in [-0.2, 0) is 6.18 Å². The summed E-state index contributed by atoms with van der Waals surface area (Å²) < 4.78 is 43.1. The van der Waals surface area contributed by atoms with Crippen molar-refractivity contribution in [2.75, 3.05) is 0 Å². The molecule has 0 saturated carbocycles. The van der Waals surface area contributed by atoms with Gasteiger partial charge in [-0.1, -0.05) is 11.2 Å². The predicted molar refractivity (Wildman–Crippen MR) is 70.5 cm³/mol. The number of alkyl halides is 3. The third-order valence-electron chi connectivity index (χ3n) is 2.65. The monoisotopic (exact) mass is 296 g/mol. The Bertz CT molecular complexity index is 652. The van der Waals surface area contributed by atoms with Crippen molar-refractivity contribution in [2.24, 2.45) is 10.9 Å². The van der Waals surface area contributed by atoms with Crippen molar-refractivity contribution in [1.82, 2.24) is 0 Å². The Labute approximate surface area is 118 Å². The maximum atomic E-state index is 12.6. The van der Waals surface area contributed by atoms with Crippen LogP contribution in [0, 0.1) is 0 Å². The van der Waals surface area contributed by atoms with Gasteiger partial charge in [0.1, 0.15) is 11.5 Å². The Hall–Kier alpha value is -2.70. The van der Waals surface area contributed by atoms with Gasteiger partial charge in [0.05, 0.1) is 5.56 Å². The van der Waals surface area contributed by atoms with Crippen molar-refractivity contribution >= 4 is 5.84 Å². The van der Waals surface area contributed by atoms with Crippen molar-refractivity contribution in [2.45, 2.75) is 6.18 Å². The zero-order valence-corrected chi connectivity index (χ0v) is 10.6. The first-order valence-electron chi connectivity index (χ1n) is 5.83. The molecule has 4 nitrogen and oxygen atoms in total. The second-order valence-corrected chi connectivity index (χ2v) is 4.14. The van der Waals surface area contributed by atoms with E-state index in [1.165, 1.54) is 36.4 Å². The molecule has 2 aromatic rings. The van der Waals surface area contributed by atoms with Crippen LogP contribution in [0.5, 0.6) is 11.5 Å². The number of benzene rings is 2. The SMILES string of the molecule is N/C(=N\O)c1ccc(Oc2cccc(C(F)(F)F)c2)cc1. The van der Waals surface area contributed by atoms with E-state index in [4.69, 9.17) is 15.7 Å². The number of hydrogen-bond donors (Lipinski definition) is 2. The number of ether oxygens (including phenoxy) is 1. The number of rotatable bonds is 3. The molecule has 110 valence electrons. The van der Waals surface area contributed by atoms with Gasteiger partial charge in [0.2, 0.25) is 0 Å². The summed E-state index contributed by atoms with van der Waals surface area (Å²) in [5, 5.41) is 11.4. The van der Waals surface area contributed by atoms with Gasteiger partial charge in [0.15, 0.2) is 5.84 Å². The van der Waals surface area contributed by atoms with Gasteiger partial charge in [-0.05, 0) is 42.5 Å². The van der Waals surface area contributed by atoms with Gasteiger partial charge in [-0.15, -0.1) is 0 Å². The molecule has 0 aliphatic rings. The molecule has 0 aliphatic heterocycles. The maximum absolute atomic E-state index is 12.6. The summed E-state index contributed by atoms with van der Waals surface area (Å²) in [6, 6.07) is 10.6. The fraction of sp³-hybridized carbons (Fsp3) is 0.0714. The molecule has 7 heteroatoms. The first-order chi connectivity index (χ1) is 9.90. The van der Waals surface area contributed by atoms with Crippen molar-refractivity contribution in [1.29, 1.82) is 0 Å². The van der Waals surface area contributed by atoms with Crippen LogP contribution in [-0.4, -0.2) is 11.0 Å². The zero-order chi connectivity index (χ0) is 15.5. The molecular formula is C14H11F3N2O2. The van der Waals surface area contributed by atoms with Gasteiger partial charge in [0, 0.05) is 5.56 Å². The average Bonchev–Trinajstić information content (AvgIpc) is 2.47. The van der Waals surface area contributed by atoms with Gasteiger partial charge >= 0.3 is 6.18 Å². The molecule has 21 heavy (non-hydrogen) atoms. The van der Waals surface area contributed by atoms with E-state index in [0.29, 0.717) is 11.3 Å². The van der Waals surface area contributed by atoms with Crippen LogP contribution in [0.3, 0.4) is 0 Å². The van der Waals surface area contributed by atoms with E-state index in [0.717, 1.165) is 12.1 Å². The van der Waals surface area contributed by atoms with Crippen molar-refractivity contribution < 1.29 is 23.1 Å². The Morgan fingerprint density at radius 1 is 1.05 bits per heavy atom. The second-order valence-electron chi connectivity index (χ2n) is 4.14. The van der Waals surface area contributed by atoms with E-state index >= 15 is 0 Å². The minimum absolute atomic E-state index is 0.0689. The number of hydrogen-bond acceptors (Lipinski definition) is 3. The summed E-state index contributed by atoms with van der Waals surface area (Å²) in [6.07, 6.45) is -4.42. The quantitative estimate of drug-likeness (QED) is 0.393. The normalized spacial score (nSPS) is 12.2. The number of oxime groups is 1. The first kappa shape index (κ1) is 14.7. The van der Waals surface area contributed by atoms with E-state index in [-0.39, 0.29) is 11.6 Å². The lowest BCUT2D eigenvalue weighted by molar-refractivity contribution is -0.137. The molecule has 3 N–H and O–H groups in total. The third kappa shape index (κ3) is 3.65. The lowest BCUT2D eigenvalue weighted by atomic mass is 10.2. The summed E-state index contributed by atoms with van der Waals surface area (Å²) in [6.45, 7) is 0.